The van der Waals surface area contributed by atoms with Gasteiger partial charge in [0.15, 0.2) is 11.5 Å². The second kappa shape index (κ2) is 7.98. The van der Waals surface area contributed by atoms with Crippen molar-refractivity contribution in [3.8, 4) is 28.4 Å². The number of hydrogen-bond donors (Lipinski definition) is 2. The van der Waals surface area contributed by atoms with E-state index in [4.69, 9.17) is 9.47 Å². The molecule has 0 aromatic heterocycles. The summed E-state index contributed by atoms with van der Waals surface area (Å²) in [6, 6.07) is 16.2. The average Bonchev–Trinajstić information content (AvgIpc) is 2.78. The first-order valence-corrected chi connectivity index (χ1v) is 11.7. The van der Waals surface area contributed by atoms with Crippen LogP contribution in [0.1, 0.15) is 62.8 Å². The number of hydrogen-bond acceptors (Lipinski definition) is 4. The van der Waals surface area contributed by atoms with E-state index in [0.717, 1.165) is 39.3 Å². The second-order valence-corrected chi connectivity index (χ2v) is 10.0. The highest BCUT2D eigenvalue weighted by molar-refractivity contribution is 6.02. The van der Waals surface area contributed by atoms with Crippen molar-refractivity contribution in [2.24, 2.45) is 0 Å². The van der Waals surface area contributed by atoms with Gasteiger partial charge < -0.3 is 19.9 Å². The standard InChI is InChI=1S/C30H31NO3/c1-17(2)20-9-7-19(8-10-20)15-25-27-21(28-24(34-25)14-13-23(32)29(28)33-6)11-12-22-26(27)18(3)16-30(4,5)31-22/h7-17,31-32H,1-6H3/b25-15-. The molecule has 2 aliphatic heterocycles. The molecule has 5 rings (SSSR count). The van der Waals surface area contributed by atoms with Crippen molar-refractivity contribution < 1.29 is 14.6 Å². The lowest BCUT2D eigenvalue weighted by atomic mass is 9.82. The van der Waals surface area contributed by atoms with E-state index >= 15 is 0 Å². The summed E-state index contributed by atoms with van der Waals surface area (Å²) in [7, 11) is 1.57. The third-order valence-corrected chi connectivity index (χ3v) is 6.57. The highest BCUT2D eigenvalue weighted by Crippen LogP contribution is 2.54. The number of phenols is 1. The number of nitrogens with one attached hydrogen (secondary N) is 1. The third-order valence-electron chi connectivity index (χ3n) is 6.57. The summed E-state index contributed by atoms with van der Waals surface area (Å²) in [5, 5.41) is 14.1. The van der Waals surface area contributed by atoms with Crippen LogP contribution in [0, 0.1) is 0 Å². The summed E-state index contributed by atoms with van der Waals surface area (Å²) in [5.41, 5.74) is 8.33. The van der Waals surface area contributed by atoms with Crippen molar-refractivity contribution in [3.63, 3.8) is 0 Å². The molecule has 2 heterocycles. The molecular weight excluding hydrogens is 422 g/mol. The Bertz CT molecular complexity index is 1340. The van der Waals surface area contributed by atoms with Crippen LogP contribution in [0.25, 0.3) is 28.5 Å². The largest absolute Gasteiger partial charge is 0.504 e. The van der Waals surface area contributed by atoms with Crippen LogP contribution in [0.2, 0.25) is 0 Å². The Balaban J connectivity index is 1.78. The zero-order valence-corrected chi connectivity index (χ0v) is 20.6. The third kappa shape index (κ3) is 3.63. The van der Waals surface area contributed by atoms with E-state index in [9.17, 15) is 5.11 Å². The first-order chi connectivity index (χ1) is 16.2. The van der Waals surface area contributed by atoms with Crippen LogP contribution in [0.5, 0.6) is 17.2 Å². The Morgan fingerprint density at radius 1 is 0.971 bits per heavy atom. The van der Waals surface area contributed by atoms with Crippen LogP contribution in [0.4, 0.5) is 5.69 Å². The van der Waals surface area contributed by atoms with E-state index in [1.807, 2.05) is 0 Å². The summed E-state index contributed by atoms with van der Waals surface area (Å²) in [6.45, 7) is 10.9. The van der Waals surface area contributed by atoms with Crippen LogP contribution in [-0.4, -0.2) is 17.8 Å². The van der Waals surface area contributed by atoms with E-state index in [-0.39, 0.29) is 11.3 Å². The lowest BCUT2D eigenvalue weighted by Crippen LogP contribution is -2.32. The predicted octanol–water partition coefficient (Wildman–Crippen LogP) is 7.69. The van der Waals surface area contributed by atoms with Gasteiger partial charge in [-0.1, -0.05) is 50.3 Å². The van der Waals surface area contributed by atoms with Gasteiger partial charge in [0.05, 0.1) is 18.2 Å². The van der Waals surface area contributed by atoms with Gasteiger partial charge in [-0.15, -0.1) is 0 Å². The van der Waals surface area contributed by atoms with Crippen LogP contribution in [-0.2, 0) is 0 Å². The van der Waals surface area contributed by atoms with Crippen LogP contribution in [0.15, 0.2) is 54.6 Å². The van der Waals surface area contributed by atoms with Crippen LogP contribution >= 0.6 is 0 Å². The average molecular weight is 454 g/mol. The first-order valence-electron chi connectivity index (χ1n) is 11.7. The molecule has 0 spiro atoms. The molecule has 0 fully saturated rings. The Labute approximate surface area is 201 Å². The van der Waals surface area contributed by atoms with Crippen molar-refractivity contribution in [3.05, 3.63) is 76.9 Å². The number of anilines is 1. The van der Waals surface area contributed by atoms with Crippen molar-refractivity contribution in [2.75, 3.05) is 12.4 Å². The molecule has 4 heteroatoms. The summed E-state index contributed by atoms with van der Waals surface area (Å²) in [6.07, 6.45) is 4.35. The number of fused-ring (bicyclic) bond motifs is 5. The van der Waals surface area contributed by atoms with Gasteiger partial charge in [0.25, 0.3) is 0 Å². The monoisotopic (exact) mass is 453 g/mol. The molecule has 4 nitrogen and oxygen atoms in total. The quantitative estimate of drug-likeness (QED) is 0.427. The van der Waals surface area contributed by atoms with E-state index in [0.29, 0.717) is 17.4 Å². The summed E-state index contributed by atoms with van der Waals surface area (Å²) in [5.74, 6) is 2.44. The maximum Gasteiger partial charge on any atom is 0.172 e. The molecular formula is C30H31NO3. The molecule has 0 unspecified atom stereocenters. The van der Waals surface area contributed by atoms with E-state index in [1.165, 1.54) is 11.1 Å². The minimum atomic E-state index is -0.148. The fourth-order valence-electron chi connectivity index (χ4n) is 5.08. The van der Waals surface area contributed by atoms with Gasteiger partial charge in [0.1, 0.15) is 11.5 Å². The zero-order chi connectivity index (χ0) is 24.2. The van der Waals surface area contributed by atoms with Gasteiger partial charge in [0, 0.05) is 22.4 Å². The van der Waals surface area contributed by atoms with Gasteiger partial charge in [-0.05, 0) is 67.7 Å². The summed E-state index contributed by atoms with van der Waals surface area (Å²) >= 11 is 0. The van der Waals surface area contributed by atoms with Crippen LogP contribution in [0.3, 0.4) is 0 Å². The number of benzene rings is 3. The number of phenolic OH excluding ortho intramolecular Hbond substituents is 1. The highest BCUT2D eigenvalue weighted by Gasteiger charge is 2.33. The molecule has 174 valence electrons. The van der Waals surface area contributed by atoms with E-state index in [2.05, 4.69) is 88.5 Å². The molecule has 0 radical (unpaired) electrons. The molecule has 3 aromatic carbocycles. The minimum absolute atomic E-state index is 0.0942. The minimum Gasteiger partial charge on any atom is -0.504 e. The Hall–Kier alpha value is -3.66. The van der Waals surface area contributed by atoms with Crippen LogP contribution < -0.4 is 14.8 Å². The van der Waals surface area contributed by atoms with Gasteiger partial charge in [-0.3, -0.25) is 0 Å². The molecule has 2 N–H and O–H groups in total. The fraction of sp³-hybridized carbons (Fsp3) is 0.267. The van der Waals surface area contributed by atoms with Gasteiger partial charge in [0.2, 0.25) is 0 Å². The SMILES string of the molecule is COc1c(O)ccc2c1-c1ccc3c(c1/C(=C/c1ccc(C(C)C)cc1)O2)C(C)=CC(C)(C)N3. The number of aromatic hydroxyl groups is 1. The molecule has 34 heavy (non-hydrogen) atoms. The molecule has 0 bridgehead atoms. The van der Waals surface area contributed by atoms with Crippen molar-refractivity contribution in [2.45, 2.75) is 46.1 Å². The molecule has 0 aliphatic carbocycles. The van der Waals surface area contributed by atoms with Gasteiger partial charge in [-0.25, -0.2) is 0 Å². The molecule has 3 aromatic rings. The molecule has 0 saturated heterocycles. The predicted molar refractivity (Wildman–Crippen MR) is 140 cm³/mol. The number of ether oxygens (including phenoxy) is 2. The van der Waals surface area contributed by atoms with Crippen molar-refractivity contribution in [1.82, 2.24) is 0 Å². The maximum absolute atomic E-state index is 10.5. The normalized spacial score (nSPS) is 16.7. The fourth-order valence-corrected chi connectivity index (χ4v) is 5.08. The molecule has 0 saturated carbocycles. The van der Waals surface area contributed by atoms with E-state index in [1.54, 1.807) is 19.2 Å². The molecule has 2 aliphatic rings. The smallest absolute Gasteiger partial charge is 0.172 e. The van der Waals surface area contributed by atoms with E-state index < -0.39 is 0 Å². The maximum atomic E-state index is 10.5. The Kier molecular flexibility index (Phi) is 5.20. The first kappa shape index (κ1) is 22.1. The summed E-state index contributed by atoms with van der Waals surface area (Å²) < 4.78 is 12.1. The second-order valence-electron chi connectivity index (χ2n) is 10.0. The van der Waals surface area contributed by atoms with Gasteiger partial charge >= 0.3 is 0 Å². The summed E-state index contributed by atoms with van der Waals surface area (Å²) in [4.78, 5) is 0. The zero-order valence-electron chi connectivity index (χ0n) is 20.6. The highest BCUT2D eigenvalue weighted by atomic mass is 16.5. The topological polar surface area (TPSA) is 50.7 Å². The van der Waals surface area contributed by atoms with Crippen molar-refractivity contribution in [1.29, 1.82) is 0 Å². The Morgan fingerprint density at radius 3 is 2.38 bits per heavy atom. The number of methoxy groups -OCH3 is 1. The molecule has 0 atom stereocenters. The van der Waals surface area contributed by atoms with Crippen molar-refractivity contribution >= 4 is 23.1 Å². The Morgan fingerprint density at radius 2 is 1.71 bits per heavy atom. The molecule has 0 amide bonds. The van der Waals surface area contributed by atoms with Gasteiger partial charge in [-0.2, -0.15) is 0 Å². The lowest BCUT2D eigenvalue weighted by molar-refractivity contribution is 0.371. The number of rotatable bonds is 3. The number of allylic oxidation sites excluding steroid dienone is 1. The lowest BCUT2D eigenvalue weighted by Gasteiger charge is -2.35.